The molecule has 9 heteroatoms. The van der Waals surface area contributed by atoms with Crippen molar-refractivity contribution >= 4 is 17.5 Å². The molecule has 35 heavy (non-hydrogen) atoms. The average molecular weight is 478 g/mol. The van der Waals surface area contributed by atoms with Crippen molar-refractivity contribution in [1.82, 2.24) is 9.97 Å². The van der Waals surface area contributed by atoms with Crippen LogP contribution in [0.1, 0.15) is 12.5 Å². The number of nitrogens with one attached hydrogen (secondary N) is 2. The lowest BCUT2D eigenvalue weighted by atomic mass is 10.0. The van der Waals surface area contributed by atoms with Crippen molar-refractivity contribution in [2.75, 3.05) is 10.6 Å². The molecule has 6 nitrogen and oxygen atoms in total. The van der Waals surface area contributed by atoms with E-state index in [0.717, 1.165) is 34.5 Å². The Morgan fingerprint density at radius 3 is 2.51 bits per heavy atom. The summed E-state index contributed by atoms with van der Waals surface area (Å²) in [5.41, 5.74) is 6.61. The highest BCUT2D eigenvalue weighted by molar-refractivity contribution is 5.92. The molecule has 2 aromatic carbocycles. The zero-order valence-electron chi connectivity index (χ0n) is 18.6. The Labute approximate surface area is 199 Å². The molecule has 0 aliphatic heterocycles. The van der Waals surface area contributed by atoms with Crippen molar-refractivity contribution in [3.05, 3.63) is 96.1 Å². The second kappa shape index (κ2) is 10.3. The first-order valence-corrected chi connectivity index (χ1v) is 10.7. The zero-order valence-corrected chi connectivity index (χ0v) is 18.6. The van der Waals surface area contributed by atoms with Crippen molar-refractivity contribution < 1.29 is 22.7 Å². The Bertz CT molecular complexity index is 1290. The van der Waals surface area contributed by atoms with Crippen LogP contribution in [0, 0.1) is 5.92 Å². The van der Waals surface area contributed by atoms with Gasteiger partial charge in [0.25, 0.3) is 0 Å². The molecule has 3 aromatic rings. The molecule has 4 rings (SSSR count). The minimum atomic E-state index is -4.80. The molecule has 0 saturated heterocycles. The van der Waals surface area contributed by atoms with E-state index >= 15 is 0 Å². The van der Waals surface area contributed by atoms with Gasteiger partial charge in [0, 0.05) is 47.4 Å². The van der Waals surface area contributed by atoms with Gasteiger partial charge in [-0.05, 0) is 29.3 Å². The zero-order chi connectivity index (χ0) is 24.8. The Hall–Kier alpha value is -4.36. The first kappa shape index (κ1) is 23.8. The Morgan fingerprint density at radius 1 is 1.09 bits per heavy atom. The molecule has 2 N–H and O–H groups in total. The fourth-order valence-electron chi connectivity index (χ4n) is 3.39. The average Bonchev–Trinajstić information content (AvgIpc) is 2.79. The van der Waals surface area contributed by atoms with Crippen molar-refractivity contribution in [3.8, 4) is 16.9 Å². The standard InChI is InChI=1S/C26H21F3N4O2/c1-17-4-2-5-21(12-17)33-25-30-15-20(16-31-25)19-10-8-18(9-11-19)13-24(34)32-22-6-3-7-23(14-22)35-26(27,28)29/h3-12,14-17H,13H2,1H3,(H,32,34)(H,30,31,33). The number of nitrogens with zero attached hydrogens (tertiary/aromatic N) is 2. The topological polar surface area (TPSA) is 76.1 Å². The number of carbonyl (C=O) groups excluding carboxylic acids is 1. The van der Waals surface area contributed by atoms with E-state index in [1.54, 1.807) is 24.5 Å². The van der Waals surface area contributed by atoms with Crippen LogP contribution in [0.2, 0.25) is 0 Å². The second-order valence-electron chi connectivity index (χ2n) is 7.88. The number of hydrogen-bond donors (Lipinski definition) is 2. The summed E-state index contributed by atoms with van der Waals surface area (Å²) in [7, 11) is 0. The molecule has 1 heterocycles. The third-order valence-corrected chi connectivity index (χ3v) is 4.95. The highest BCUT2D eigenvalue weighted by Crippen LogP contribution is 2.25. The third-order valence-electron chi connectivity index (χ3n) is 4.95. The lowest BCUT2D eigenvalue weighted by molar-refractivity contribution is -0.274. The summed E-state index contributed by atoms with van der Waals surface area (Å²) in [5.74, 6) is -0.00148. The summed E-state index contributed by atoms with van der Waals surface area (Å²) in [6.07, 6.45) is 4.52. The molecule has 1 aliphatic rings. The van der Waals surface area contributed by atoms with Gasteiger partial charge in [-0.2, -0.15) is 0 Å². The molecule has 1 atom stereocenters. The third kappa shape index (κ3) is 7.06. The summed E-state index contributed by atoms with van der Waals surface area (Å²) in [5, 5.41) is 5.73. The smallest absolute Gasteiger partial charge is 0.406 e. The molecule has 1 aromatic heterocycles. The number of allylic oxidation sites excluding steroid dienone is 2. The fourth-order valence-corrected chi connectivity index (χ4v) is 3.39. The number of rotatable bonds is 7. The van der Waals surface area contributed by atoms with E-state index in [1.165, 1.54) is 12.1 Å². The van der Waals surface area contributed by atoms with Crippen LogP contribution in [0.3, 0.4) is 0 Å². The van der Waals surface area contributed by atoms with Crippen LogP contribution in [0.15, 0.2) is 90.6 Å². The highest BCUT2D eigenvalue weighted by atomic mass is 19.4. The summed E-state index contributed by atoms with van der Waals surface area (Å²) in [6, 6.07) is 12.4. The number of carbonyl (C=O) groups is 1. The number of ether oxygens (including phenoxy) is 1. The largest absolute Gasteiger partial charge is 0.573 e. The first-order chi connectivity index (χ1) is 16.7. The van der Waals surface area contributed by atoms with Gasteiger partial charge >= 0.3 is 6.36 Å². The normalized spacial score (nSPS) is 14.9. The van der Waals surface area contributed by atoms with E-state index in [2.05, 4.69) is 44.1 Å². The maximum atomic E-state index is 12.4. The number of aromatic nitrogens is 2. The van der Waals surface area contributed by atoms with Gasteiger partial charge in [-0.3, -0.25) is 4.79 Å². The number of anilines is 2. The van der Waals surface area contributed by atoms with E-state index < -0.39 is 12.1 Å². The van der Waals surface area contributed by atoms with Crippen molar-refractivity contribution in [1.29, 1.82) is 0 Å². The monoisotopic (exact) mass is 478 g/mol. The van der Waals surface area contributed by atoms with E-state index in [9.17, 15) is 18.0 Å². The van der Waals surface area contributed by atoms with E-state index in [4.69, 9.17) is 0 Å². The summed E-state index contributed by atoms with van der Waals surface area (Å²) >= 11 is 0. The van der Waals surface area contributed by atoms with Gasteiger partial charge in [-0.1, -0.05) is 43.3 Å². The van der Waals surface area contributed by atoms with Crippen LogP contribution in [0.5, 0.6) is 5.75 Å². The van der Waals surface area contributed by atoms with Gasteiger partial charge in [-0.15, -0.1) is 18.9 Å². The Morgan fingerprint density at radius 2 is 1.83 bits per heavy atom. The molecular weight excluding hydrogens is 457 g/mol. The number of alkyl halides is 3. The van der Waals surface area contributed by atoms with Gasteiger partial charge < -0.3 is 15.4 Å². The molecule has 178 valence electrons. The van der Waals surface area contributed by atoms with Gasteiger partial charge in [0.1, 0.15) is 5.75 Å². The number of hydrogen-bond acceptors (Lipinski definition) is 5. The number of amides is 1. The number of halogens is 3. The molecule has 0 radical (unpaired) electrons. The summed E-state index contributed by atoms with van der Waals surface area (Å²) in [4.78, 5) is 21.1. The SMILES string of the molecule is CC1C=C=CC(Nc2ncc(-c3ccc(CC(=O)Nc4cccc(OC(F)(F)F)c4)cc3)cn2)=C1. The van der Waals surface area contributed by atoms with Crippen LogP contribution in [-0.4, -0.2) is 22.2 Å². The quantitative estimate of drug-likeness (QED) is 0.415. The van der Waals surface area contributed by atoms with Crippen molar-refractivity contribution in [3.63, 3.8) is 0 Å². The molecule has 0 saturated carbocycles. The molecule has 0 fully saturated rings. The van der Waals surface area contributed by atoms with Crippen LogP contribution in [0.4, 0.5) is 24.8 Å². The number of benzene rings is 2. The molecule has 0 spiro atoms. The summed E-state index contributed by atoms with van der Waals surface area (Å²) in [6.45, 7) is 2.06. The van der Waals surface area contributed by atoms with Crippen LogP contribution >= 0.6 is 0 Å². The minimum Gasteiger partial charge on any atom is -0.406 e. The lowest BCUT2D eigenvalue weighted by Crippen LogP contribution is -2.18. The van der Waals surface area contributed by atoms with E-state index in [1.807, 2.05) is 24.3 Å². The Kier molecular flexibility index (Phi) is 6.98. The van der Waals surface area contributed by atoms with Crippen LogP contribution in [0.25, 0.3) is 11.1 Å². The predicted molar refractivity (Wildman–Crippen MR) is 126 cm³/mol. The van der Waals surface area contributed by atoms with Gasteiger partial charge in [0.2, 0.25) is 11.9 Å². The van der Waals surface area contributed by atoms with Crippen LogP contribution < -0.4 is 15.4 Å². The highest BCUT2D eigenvalue weighted by Gasteiger charge is 2.31. The Balaban J connectivity index is 1.34. The van der Waals surface area contributed by atoms with Gasteiger partial charge in [0.15, 0.2) is 0 Å². The van der Waals surface area contributed by atoms with E-state index in [-0.39, 0.29) is 23.9 Å². The van der Waals surface area contributed by atoms with E-state index in [0.29, 0.717) is 5.95 Å². The minimum absolute atomic E-state index is 0.0551. The first-order valence-electron chi connectivity index (χ1n) is 10.7. The van der Waals surface area contributed by atoms with Gasteiger partial charge in [0.05, 0.1) is 6.42 Å². The van der Waals surface area contributed by atoms with Crippen molar-refractivity contribution in [2.45, 2.75) is 19.7 Å². The fraction of sp³-hybridized carbons (Fsp3) is 0.154. The second-order valence-corrected chi connectivity index (χ2v) is 7.88. The lowest BCUT2D eigenvalue weighted by Gasteiger charge is -2.11. The molecule has 1 amide bonds. The maximum absolute atomic E-state index is 12.4. The van der Waals surface area contributed by atoms with Crippen molar-refractivity contribution in [2.24, 2.45) is 5.92 Å². The predicted octanol–water partition coefficient (Wildman–Crippen LogP) is 5.88. The maximum Gasteiger partial charge on any atom is 0.573 e. The molecule has 1 unspecified atom stereocenters. The van der Waals surface area contributed by atoms with Gasteiger partial charge in [-0.25, -0.2) is 9.97 Å². The molecule has 0 bridgehead atoms. The molecule has 1 aliphatic carbocycles. The van der Waals surface area contributed by atoms with Crippen LogP contribution in [-0.2, 0) is 11.2 Å². The summed E-state index contributed by atoms with van der Waals surface area (Å²) < 4.78 is 41.0. The molecular formula is C26H21F3N4O2.